The fraction of sp³-hybridized carbons (Fsp3) is 1.00. The van der Waals surface area contributed by atoms with Crippen LogP contribution in [0.3, 0.4) is 0 Å². The highest BCUT2D eigenvalue weighted by Gasteiger charge is 2.29. The second-order valence-corrected chi connectivity index (χ2v) is 4.47. The van der Waals surface area contributed by atoms with Crippen molar-refractivity contribution in [1.82, 2.24) is 4.90 Å². The van der Waals surface area contributed by atoms with Gasteiger partial charge < -0.3 is 5.73 Å². The second kappa shape index (κ2) is 4.98. The zero-order chi connectivity index (χ0) is 11.4. The molecule has 0 atom stereocenters. The van der Waals surface area contributed by atoms with Gasteiger partial charge in [-0.05, 0) is 32.0 Å². The Hall–Kier alpha value is -0.290. The van der Waals surface area contributed by atoms with Gasteiger partial charge in [0.2, 0.25) is 0 Å². The molecular weight excluding hydrogens is 193 g/mol. The van der Waals surface area contributed by atoms with Crippen molar-refractivity contribution in [3.05, 3.63) is 0 Å². The predicted molar refractivity (Wildman–Crippen MR) is 51.0 cm³/mol. The average Bonchev–Trinajstić information content (AvgIpc) is 1.98. The topological polar surface area (TPSA) is 29.3 Å². The van der Waals surface area contributed by atoms with Crippen molar-refractivity contribution in [3.63, 3.8) is 0 Å². The number of hydrogen-bond donors (Lipinski definition) is 1. The molecule has 5 heteroatoms. The lowest BCUT2D eigenvalue weighted by molar-refractivity contribution is -0.143. The van der Waals surface area contributed by atoms with Crippen LogP contribution in [-0.2, 0) is 0 Å². The minimum Gasteiger partial charge on any atom is -0.330 e. The summed E-state index contributed by atoms with van der Waals surface area (Å²) in [7, 11) is 1.47. The maximum absolute atomic E-state index is 11.9. The summed E-state index contributed by atoms with van der Waals surface area (Å²) >= 11 is 0. The Labute approximate surface area is 83.3 Å². The van der Waals surface area contributed by atoms with Gasteiger partial charge in [-0.25, -0.2) is 0 Å². The lowest BCUT2D eigenvalue weighted by Crippen LogP contribution is -2.35. The van der Waals surface area contributed by atoms with E-state index >= 15 is 0 Å². The van der Waals surface area contributed by atoms with Crippen molar-refractivity contribution in [2.24, 2.45) is 11.1 Å². The number of halogens is 3. The smallest absolute Gasteiger partial charge is 0.330 e. The van der Waals surface area contributed by atoms with E-state index in [1.54, 1.807) is 0 Å². The molecule has 0 spiro atoms. The van der Waals surface area contributed by atoms with Gasteiger partial charge in [0.25, 0.3) is 0 Å². The lowest BCUT2D eigenvalue weighted by atomic mass is 9.89. The molecule has 0 unspecified atom stereocenters. The quantitative estimate of drug-likeness (QED) is 0.753. The van der Waals surface area contributed by atoms with Crippen LogP contribution in [0.25, 0.3) is 0 Å². The molecule has 0 saturated heterocycles. The van der Waals surface area contributed by atoms with Crippen LogP contribution in [0.5, 0.6) is 0 Å². The summed E-state index contributed by atoms with van der Waals surface area (Å²) in [5.74, 6) is 0. The van der Waals surface area contributed by atoms with Gasteiger partial charge in [-0.15, -0.1) is 0 Å². The third kappa shape index (κ3) is 7.15. The Morgan fingerprint density at radius 2 is 1.71 bits per heavy atom. The first-order valence-electron chi connectivity index (χ1n) is 4.62. The summed E-state index contributed by atoms with van der Waals surface area (Å²) in [6.45, 7) is 3.97. The van der Waals surface area contributed by atoms with Crippen molar-refractivity contribution in [2.45, 2.75) is 26.4 Å². The van der Waals surface area contributed by atoms with E-state index < -0.39 is 12.7 Å². The summed E-state index contributed by atoms with van der Waals surface area (Å²) < 4.78 is 35.8. The molecule has 0 rings (SSSR count). The molecule has 0 heterocycles. The molecule has 14 heavy (non-hydrogen) atoms. The molecule has 0 aliphatic carbocycles. The van der Waals surface area contributed by atoms with E-state index in [2.05, 4.69) is 0 Å². The highest BCUT2D eigenvalue weighted by atomic mass is 19.4. The van der Waals surface area contributed by atoms with Gasteiger partial charge >= 0.3 is 6.18 Å². The molecule has 0 bridgehead atoms. The maximum Gasteiger partial charge on any atom is 0.401 e. The third-order valence-corrected chi connectivity index (χ3v) is 2.17. The molecule has 0 radical (unpaired) electrons. The molecule has 0 aromatic carbocycles. The van der Waals surface area contributed by atoms with Gasteiger partial charge in [-0.2, -0.15) is 13.2 Å². The van der Waals surface area contributed by atoms with E-state index in [1.165, 1.54) is 11.9 Å². The molecule has 2 nitrogen and oxygen atoms in total. The minimum atomic E-state index is -4.11. The molecule has 0 saturated carbocycles. The summed E-state index contributed by atoms with van der Waals surface area (Å²) in [6.07, 6.45) is -3.43. The Bertz CT molecular complexity index is 166. The summed E-state index contributed by atoms with van der Waals surface area (Å²) in [6, 6.07) is 0. The van der Waals surface area contributed by atoms with Crippen LogP contribution in [0.15, 0.2) is 0 Å². The zero-order valence-electron chi connectivity index (χ0n) is 8.99. The van der Waals surface area contributed by atoms with Crippen LogP contribution in [0.4, 0.5) is 13.2 Å². The van der Waals surface area contributed by atoms with Gasteiger partial charge in [-0.1, -0.05) is 13.8 Å². The zero-order valence-corrected chi connectivity index (χ0v) is 8.99. The Morgan fingerprint density at radius 1 is 1.21 bits per heavy atom. The van der Waals surface area contributed by atoms with Crippen molar-refractivity contribution >= 4 is 0 Å². The summed E-state index contributed by atoms with van der Waals surface area (Å²) in [5, 5.41) is 0. The number of alkyl halides is 3. The summed E-state index contributed by atoms with van der Waals surface area (Å²) in [5.41, 5.74) is 5.40. The molecule has 2 N–H and O–H groups in total. The molecule has 0 amide bonds. The Balaban J connectivity index is 3.80. The van der Waals surface area contributed by atoms with Crippen LogP contribution in [0, 0.1) is 5.41 Å². The van der Waals surface area contributed by atoms with Crippen molar-refractivity contribution in [1.29, 1.82) is 0 Å². The van der Waals surface area contributed by atoms with Crippen LogP contribution in [0.1, 0.15) is 20.3 Å². The highest BCUT2D eigenvalue weighted by molar-refractivity contribution is 4.71. The fourth-order valence-corrected chi connectivity index (χ4v) is 0.981. The number of hydrogen-bond acceptors (Lipinski definition) is 2. The van der Waals surface area contributed by atoms with E-state index in [9.17, 15) is 13.2 Å². The average molecular weight is 212 g/mol. The normalized spacial score (nSPS) is 13.7. The number of nitrogens with zero attached hydrogens (tertiary/aromatic N) is 1. The molecular formula is C9H19F3N2. The van der Waals surface area contributed by atoms with Gasteiger partial charge in [-0.3, -0.25) is 4.90 Å². The second-order valence-electron chi connectivity index (χ2n) is 4.47. The highest BCUT2D eigenvalue weighted by Crippen LogP contribution is 2.20. The monoisotopic (exact) mass is 212 g/mol. The van der Waals surface area contributed by atoms with Crippen LogP contribution in [-0.4, -0.2) is 37.8 Å². The standard InChI is InChI=1S/C9H19F3N2/c1-8(2,6-13)4-5-14(3)7-9(10,11)12/h4-7,13H2,1-3H3. The van der Waals surface area contributed by atoms with Crippen LogP contribution < -0.4 is 5.73 Å². The number of rotatable bonds is 5. The Kier molecular flexibility index (Phi) is 4.88. The first kappa shape index (κ1) is 13.7. The number of nitrogens with two attached hydrogens (primary N) is 1. The van der Waals surface area contributed by atoms with E-state index in [1.807, 2.05) is 13.8 Å². The van der Waals surface area contributed by atoms with Crippen molar-refractivity contribution in [3.8, 4) is 0 Å². The third-order valence-electron chi connectivity index (χ3n) is 2.17. The minimum absolute atomic E-state index is 0.0835. The van der Waals surface area contributed by atoms with Crippen molar-refractivity contribution < 1.29 is 13.2 Å². The van der Waals surface area contributed by atoms with Gasteiger partial charge in [0.1, 0.15) is 0 Å². The molecule has 0 aliphatic heterocycles. The predicted octanol–water partition coefficient (Wildman–Crippen LogP) is 1.86. The lowest BCUT2D eigenvalue weighted by Gasteiger charge is -2.26. The molecule has 0 aromatic heterocycles. The van der Waals surface area contributed by atoms with E-state index in [0.717, 1.165) is 0 Å². The fourth-order valence-electron chi connectivity index (χ4n) is 0.981. The molecule has 0 aromatic rings. The van der Waals surface area contributed by atoms with E-state index in [-0.39, 0.29) is 5.41 Å². The van der Waals surface area contributed by atoms with E-state index in [0.29, 0.717) is 19.5 Å². The molecule has 0 fully saturated rings. The SMILES string of the molecule is CN(CCC(C)(C)CN)CC(F)(F)F. The van der Waals surface area contributed by atoms with Crippen molar-refractivity contribution in [2.75, 3.05) is 26.7 Å². The first-order valence-corrected chi connectivity index (χ1v) is 4.62. The molecule has 86 valence electrons. The van der Waals surface area contributed by atoms with Gasteiger partial charge in [0.05, 0.1) is 6.54 Å². The first-order chi connectivity index (χ1) is 6.16. The molecule has 0 aliphatic rings. The van der Waals surface area contributed by atoms with Crippen LogP contribution in [0.2, 0.25) is 0 Å². The summed E-state index contributed by atoms with van der Waals surface area (Å²) in [4.78, 5) is 1.28. The maximum atomic E-state index is 11.9. The van der Waals surface area contributed by atoms with E-state index in [4.69, 9.17) is 5.73 Å². The van der Waals surface area contributed by atoms with Gasteiger partial charge in [0.15, 0.2) is 0 Å². The van der Waals surface area contributed by atoms with Crippen LogP contribution >= 0.6 is 0 Å². The van der Waals surface area contributed by atoms with Gasteiger partial charge in [0, 0.05) is 0 Å². The largest absolute Gasteiger partial charge is 0.401 e. The Morgan fingerprint density at radius 3 is 2.07 bits per heavy atom.